The lowest BCUT2D eigenvalue weighted by Crippen LogP contribution is -2.27. The van der Waals surface area contributed by atoms with Gasteiger partial charge >= 0.3 is 0 Å². The second kappa shape index (κ2) is 7.55. The summed E-state index contributed by atoms with van der Waals surface area (Å²) < 4.78 is 10.5. The van der Waals surface area contributed by atoms with Gasteiger partial charge in [0.25, 0.3) is 0 Å². The smallest absolute Gasteiger partial charge is 0.238 e. The monoisotopic (exact) mass is 400 g/mol. The Labute approximate surface area is 165 Å². The van der Waals surface area contributed by atoms with Crippen LogP contribution in [0.1, 0.15) is 12.8 Å². The van der Waals surface area contributed by atoms with E-state index in [9.17, 15) is 4.79 Å². The fourth-order valence-electron chi connectivity index (χ4n) is 2.92. The zero-order chi connectivity index (χ0) is 19.7. The Morgan fingerprint density at radius 1 is 1.29 bits per heavy atom. The predicted molar refractivity (Wildman–Crippen MR) is 107 cm³/mol. The number of rotatable bonds is 7. The van der Waals surface area contributed by atoms with Crippen LogP contribution in [0.3, 0.4) is 0 Å². The second-order valence-corrected chi connectivity index (χ2v) is 7.55. The molecular weight excluding hydrogens is 380 g/mol. The number of hydrogen-bond acceptors (Lipinski definition) is 8. The fourth-order valence-corrected chi connectivity index (χ4v) is 4.20. The number of nitrogens with one attached hydrogen (secondary N) is 2. The van der Waals surface area contributed by atoms with Gasteiger partial charge in [0, 0.05) is 11.8 Å². The summed E-state index contributed by atoms with van der Waals surface area (Å²) in [5, 5.41) is 3.30. The highest BCUT2D eigenvalue weighted by Gasteiger charge is 2.38. The van der Waals surface area contributed by atoms with E-state index < -0.39 is 0 Å². The van der Waals surface area contributed by atoms with E-state index >= 15 is 0 Å². The number of anilines is 2. The number of aromatic nitrogens is 4. The number of methoxy groups -OCH3 is 2. The maximum Gasteiger partial charge on any atom is 0.238 e. The Morgan fingerprint density at radius 3 is 2.79 bits per heavy atom. The predicted octanol–water partition coefficient (Wildman–Crippen LogP) is 2.46. The minimum Gasteiger partial charge on any atom is -0.493 e. The molecule has 1 fully saturated rings. The molecule has 1 aliphatic carbocycles. The molecule has 1 aromatic carbocycles. The minimum absolute atomic E-state index is 0.0930. The zero-order valence-corrected chi connectivity index (χ0v) is 16.2. The topological polar surface area (TPSA) is 128 Å². The number of aromatic amines is 1. The fraction of sp³-hybridized carbons (Fsp3) is 0.333. The van der Waals surface area contributed by atoms with Crippen LogP contribution >= 0.6 is 11.8 Å². The number of nitrogens with zero attached hydrogens (tertiary/aromatic N) is 3. The van der Waals surface area contributed by atoms with Crippen molar-refractivity contribution in [3.8, 4) is 11.5 Å². The van der Waals surface area contributed by atoms with Gasteiger partial charge in [-0.2, -0.15) is 4.98 Å². The summed E-state index contributed by atoms with van der Waals surface area (Å²) >= 11 is 1.38. The Morgan fingerprint density at radius 2 is 2.07 bits per heavy atom. The number of fused-ring (bicyclic) bond motifs is 1. The molecule has 1 atom stereocenters. The third kappa shape index (κ3) is 3.68. The largest absolute Gasteiger partial charge is 0.493 e. The van der Waals surface area contributed by atoms with Crippen LogP contribution in [0.25, 0.3) is 11.2 Å². The van der Waals surface area contributed by atoms with E-state index in [1.54, 1.807) is 38.7 Å². The molecule has 2 aromatic heterocycles. The van der Waals surface area contributed by atoms with Crippen molar-refractivity contribution in [2.45, 2.75) is 23.1 Å². The van der Waals surface area contributed by atoms with Gasteiger partial charge in [-0.15, -0.1) is 0 Å². The number of nitrogen functional groups attached to an aromatic ring is 1. The molecule has 1 aliphatic rings. The van der Waals surface area contributed by atoms with Crippen LogP contribution in [0.5, 0.6) is 11.5 Å². The first kappa shape index (κ1) is 18.4. The lowest BCUT2D eigenvalue weighted by molar-refractivity contribution is -0.116. The number of ether oxygens (including phenoxy) is 2. The molecule has 28 heavy (non-hydrogen) atoms. The standard InChI is InChI=1S/C18H20N6O3S/c1-26-11-6-5-10(7-12(11)27-2)22-16(25)14(9-3-4-9)28-17-13-15(21-8-20-13)23-18(19)24-17/h5-9,14H,3-4H2,1-2H3,(H,22,25)(H3,19,20,21,23,24)/t14-/m1/s1. The first-order valence-electron chi connectivity index (χ1n) is 8.75. The molecule has 0 spiro atoms. The van der Waals surface area contributed by atoms with E-state index in [0.29, 0.717) is 39.3 Å². The molecule has 0 bridgehead atoms. The van der Waals surface area contributed by atoms with Crippen molar-refractivity contribution in [2.75, 3.05) is 25.3 Å². The van der Waals surface area contributed by atoms with Gasteiger partial charge < -0.3 is 25.5 Å². The average Bonchev–Trinajstić information content (AvgIpc) is 3.42. The summed E-state index contributed by atoms with van der Waals surface area (Å²) in [6.07, 6.45) is 3.55. The number of H-pyrrole nitrogens is 1. The van der Waals surface area contributed by atoms with Gasteiger partial charge in [-0.3, -0.25) is 4.79 Å². The number of amides is 1. The molecule has 146 valence electrons. The van der Waals surface area contributed by atoms with Crippen LogP contribution in [0.2, 0.25) is 0 Å². The zero-order valence-electron chi connectivity index (χ0n) is 15.4. The summed E-state index contributed by atoms with van der Waals surface area (Å²) in [5.74, 6) is 1.49. The van der Waals surface area contributed by atoms with Crippen molar-refractivity contribution >= 4 is 40.5 Å². The molecule has 0 radical (unpaired) electrons. The summed E-state index contributed by atoms with van der Waals surface area (Å²) in [7, 11) is 3.13. The normalized spacial score (nSPS) is 14.6. The van der Waals surface area contributed by atoms with Gasteiger partial charge in [-0.1, -0.05) is 11.8 Å². The number of carbonyl (C=O) groups excluding carboxylic acids is 1. The minimum atomic E-state index is -0.297. The molecule has 0 unspecified atom stereocenters. The average molecular weight is 400 g/mol. The van der Waals surface area contributed by atoms with E-state index in [1.807, 2.05) is 0 Å². The second-order valence-electron chi connectivity index (χ2n) is 6.42. The third-order valence-electron chi connectivity index (χ3n) is 4.47. The van der Waals surface area contributed by atoms with Gasteiger partial charge in [0.15, 0.2) is 17.1 Å². The van der Waals surface area contributed by atoms with E-state index in [0.717, 1.165) is 12.8 Å². The van der Waals surface area contributed by atoms with Gasteiger partial charge in [0.1, 0.15) is 10.5 Å². The summed E-state index contributed by atoms with van der Waals surface area (Å²) in [6.45, 7) is 0. The van der Waals surface area contributed by atoms with Crippen LogP contribution in [-0.2, 0) is 4.79 Å². The molecule has 0 aliphatic heterocycles. The molecule has 4 N–H and O–H groups in total. The summed E-state index contributed by atoms with van der Waals surface area (Å²) in [6, 6.07) is 5.28. The quantitative estimate of drug-likeness (QED) is 0.408. The summed E-state index contributed by atoms with van der Waals surface area (Å²) in [5.41, 5.74) is 7.61. The Kier molecular flexibility index (Phi) is 4.95. The van der Waals surface area contributed by atoms with Crippen LogP contribution in [0, 0.1) is 5.92 Å². The van der Waals surface area contributed by atoms with Crippen molar-refractivity contribution in [1.82, 2.24) is 19.9 Å². The lowest BCUT2D eigenvalue weighted by Gasteiger charge is -2.17. The highest BCUT2D eigenvalue weighted by molar-refractivity contribution is 8.00. The van der Waals surface area contributed by atoms with Crippen molar-refractivity contribution in [3.63, 3.8) is 0 Å². The van der Waals surface area contributed by atoms with E-state index in [-0.39, 0.29) is 17.1 Å². The molecule has 2 heterocycles. The third-order valence-corrected chi connectivity index (χ3v) is 5.84. The number of hydrogen-bond donors (Lipinski definition) is 3. The Balaban J connectivity index is 1.56. The van der Waals surface area contributed by atoms with Gasteiger partial charge in [0.05, 0.1) is 25.8 Å². The SMILES string of the molecule is COc1ccc(NC(=O)[C@H](Sc2nc(N)nc3nc[nH]c23)C2CC2)cc1OC. The van der Waals surface area contributed by atoms with Crippen LogP contribution in [-0.4, -0.2) is 45.3 Å². The first-order chi connectivity index (χ1) is 13.6. The molecule has 1 amide bonds. The first-order valence-corrected chi connectivity index (χ1v) is 9.63. The van der Waals surface area contributed by atoms with Gasteiger partial charge in [-0.05, 0) is 30.9 Å². The number of imidazole rings is 1. The maximum atomic E-state index is 13.0. The highest BCUT2D eigenvalue weighted by atomic mass is 32.2. The molecular formula is C18H20N6O3S. The molecule has 1 saturated carbocycles. The molecule has 3 aromatic rings. The maximum absolute atomic E-state index is 13.0. The van der Waals surface area contributed by atoms with Crippen LogP contribution in [0.15, 0.2) is 29.6 Å². The molecule has 0 saturated heterocycles. The van der Waals surface area contributed by atoms with Crippen molar-refractivity contribution in [2.24, 2.45) is 5.92 Å². The lowest BCUT2D eigenvalue weighted by atomic mass is 10.2. The van der Waals surface area contributed by atoms with Crippen molar-refractivity contribution in [3.05, 3.63) is 24.5 Å². The number of thioether (sulfide) groups is 1. The molecule has 10 heteroatoms. The van der Waals surface area contributed by atoms with Gasteiger partial charge in [0.2, 0.25) is 11.9 Å². The number of nitrogens with two attached hydrogens (primary N) is 1. The Hall–Kier alpha value is -3.01. The molecule has 9 nitrogen and oxygen atoms in total. The Bertz CT molecular complexity index is 1020. The van der Waals surface area contributed by atoms with Crippen LogP contribution in [0.4, 0.5) is 11.6 Å². The van der Waals surface area contributed by atoms with Crippen molar-refractivity contribution in [1.29, 1.82) is 0 Å². The van der Waals surface area contributed by atoms with Crippen LogP contribution < -0.4 is 20.5 Å². The number of benzene rings is 1. The van der Waals surface area contributed by atoms with E-state index in [1.165, 1.54) is 11.8 Å². The van der Waals surface area contributed by atoms with Gasteiger partial charge in [-0.25, -0.2) is 9.97 Å². The van der Waals surface area contributed by atoms with E-state index in [4.69, 9.17) is 15.2 Å². The molecule has 4 rings (SSSR count). The number of carbonyl (C=O) groups is 1. The van der Waals surface area contributed by atoms with Crippen molar-refractivity contribution < 1.29 is 14.3 Å². The highest BCUT2D eigenvalue weighted by Crippen LogP contribution is 2.43. The summed E-state index contributed by atoms with van der Waals surface area (Å²) in [4.78, 5) is 28.6. The van der Waals surface area contributed by atoms with E-state index in [2.05, 4.69) is 25.3 Å².